The van der Waals surface area contributed by atoms with Gasteiger partial charge in [-0.25, -0.2) is 8.78 Å². The SMILES string of the molecule is Nc1c(C(=O)N2CCCC2)nsc1C(=O)NCc1cc(F)cc(F)c1. The fourth-order valence-corrected chi connectivity index (χ4v) is 3.37. The largest absolute Gasteiger partial charge is 0.395 e. The van der Waals surface area contributed by atoms with Gasteiger partial charge in [-0.3, -0.25) is 9.59 Å². The number of likely N-dealkylation sites (tertiary alicyclic amines) is 1. The van der Waals surface area contributed by atoms with E-state index >= 15 is 0 Å². The smallest absolute Gasteiger partial charge is 0.275 e. The van der Waals surface area contributed by atoms with Gasteiger partial charge in [-0.05, 0) is 42.1 Å². The summed E-state index contributed by atoms with van der Waals surface area (Å²) in [6, 6.07) is 3.01. The highest BCUT2D eigenvalue weighted by Gasteiger charge is 2.27. The number of nitrogens with one attached hydrogen (secondary N) is 1. The van der Waals surface area contributed by atoms with E-state index in [2.05, 4.69) is 9.69 Å². The first-order valence-corrected chi connectivity index (χ1v) is 8.50. The summed E-state index contributed by atoms with van der Waals surface area (Å²) < 4.78 is 30.3. The molecular formula is C16H16F2N4O2S. The Morgan fingerprint density at radius 1 is 1.20 bits per heavy atom. The van der Waals surface area contributed by atoms with E-state index < -0.39 is 17.5 Å². The third-order valence-corrected chi connectivity index (χ3v) is 4.77. The number of nitrogens with two attached hydrogens (primary N) is 1. The van der Waals surface area contributed by atoms with Crippen LogP contribution in [-0.2, 0) is 6.54 Å². The molecule has 0 unspecified atom stereocenters. The Bertz CT molecular complexity index is 798. The molecule has 0 spiro atoms. The Kier molecular flexibility index (Phi) is 4.93. The van der Waals surface area contributed by atoms with Crippen molar-refractivity contribution in [2.24, 2.45) is 0 Å². The second-order valence-electron chi connectivity index (χ2n) is 5.73. The van der Waals surface area contributed by atoms with Crippen LogP contribution >= 0.6 is 11.5 Å². The predicted octanol–water partition coefficient (Wildman–Crippen LogP) is 2.17. The highest BCUT2D eigenvalue weighted by atomic mass is 32.1. The number of aromatic nitrogens is 1. The lowest BCUT2D eigenvalue weighted by atomic mass is 10.2. The predicted molar refractivity (Wildman–Crippen MR) is 89.2 cm³/mol. The summed E-state index contributed by atoms with van der Waals surface area (Å²) in [6.07, 6.45) is 1.88. The molecule has 1 saturated heterocycles. The van der Waals surface area contributed by atoms with Gasteiger partial charge in [0.1, 0.15) is 16.5 Å². The summed E-state index contributed by atoms with van der Waals surface area (Å²) >= 11 is 0.830. The highest BCUT2D eigenvalue weighted by molar-refractivity contribution is 7.09. The lowest BCUT2D eigenvalue weighted by Crippen LogP contribution is -2.29. The molecule has 0 aliphatic carbocycles. The molecule has 6 nitrogen and oxygen atoms in total. The average Bonchev–Trinajstić information content (AvgIpc) is 3.21. The number of carbonyl (C=O) groups excluding carboxylic acids is 2. The molecule has 0 bridgehead atoms. The number of benzene rings is 1. The third kappa shape index (κ3) is 3.76. The standard InChI is InChI=1S/C16H16F2N4O2S/c17-10-5-9(6-11(18)7-10)8-20-15(23)14-12(19)13(21-25-14)16(24)22-3-1-2-4-22/h5-7H,1-4,8,19H2,(H,20,23). The van der Waals surface area contributed by atoms with Crippen LogP contribution in [0.1, 0.15) is 38.6 Å². The minimum absolute atomic E-state index is 0.0322. The van der Waals surface area contributed by atoms with Gasteiger partial charge in [-0.15, -0.1) is 0 Å². The second kappa shape index (κ2) is 7.14. The maximum atomic E-state index is 13.2. The average molecular weight is 366 g/mol. The summed E-state index contributed by atoms with van der Waals surface area (Å²) in [7, 11) is 0. The molecule has 0 atom stereocenters. The molecule has 2 heterocycles. The molecule has 2 aromatic rings. The van der Waals surface area contributed by atoms with E-state index in [1.54, 1.807) is 4.90 Å². The van der Waals surface area contributed by atoms with Crippen molar-refractivity contribution in [3.63, 3.8) is 0 Å². The number of nitrogens with zero attached hydrogens (tertiary/aromatic N) is 2. The van der Waals surface area contributed by atoms with Crippen LogP contribution < -0.4 is 11.1 Å². The van der Waals surface area contributed by atoms with Crippen molar-refractivity contribution >= 4 is 29.0 Å². The van der Waals surface area contributed by atoms with Crippen molar-refractivity contribution in [1.82, 2.24) is 14.6 Å². The molecule has 1 fully saturated rings. The van der Waals surface area contributed by atoms with Crippen LogP contribution in [0, 0.1) is 11.6 Å². The number of halogens is 2. The number of nitrogen functional groups attached to an aromatic ring is 1. The van der Waals surface area contributed by atoms with E-state index in [0.29, 0.717) is 13.1 Å². The maximum absolute atomic E-state index is 13.2. The number of carbonyl (C=O) groups is 2. The molecule has 1 aromatic carbocycles. The van der Waals surface area contributed by atoms with Crippen LogP contribution in [-0.4, -0.2) is 34.2 Å². The normalized spacial score (nSPS) is 13.9. The molecule has 25 heavy (non-hydrogen) atoms. The first kappa shape index (κ1) is 17.3. The van der Waals surface area contributed by atoms with Crippen molar-refractivity contribution in [3.8, 4) is 0 Å². The van der Waals surface area contributed by atoms with Gasteiger partial charge in [0, 0.05) is 25.7 Å². The first-order chi connectivity index (χ1) is 12.0. The summed E-state index contributed by atoms with van der Waals surface area (Å²) in [5.41, 5.74) is 6.30. The zero-order valence-electron chi connectivity index (χ0n) is 13.2. The van der Waals surface area contributed by atoms with Crippen LogP contribution in [0.4, 0.5) is 14.5 Å². The van der Waals surface area contributed by atoms with Gasteiger partial charge < -0.3 is 16.0 Å². The molecule has 3 rings (SSSR count). The number of amides is 2. The Morgan fingerprint density at radius 2 is 1.84 bits per heavy atom. The monoisotopic (exact) mass is 366 g/mol. The van der Waals surface area contributed by atoms with Gasteiger partial charge in [-0.2, -0.15) is 4.37 Å². The van der Waals surface area contributed by atoms with Crippen molar-refractivity contribution in [1.29, 1.82) is 0 Å². The maximum Gasteiger partial charge on any atom is 0.275 e. The van der Waals surface area contributed by atoms with Crippen molar-refractivity contribution in [3.05, 3.63) is 46.0 Å². The molecule has 1 aliphatic rings. The van der Waals surface area contributed by atoms with Gasteiger partial charge in [0.15, 0.2) is 5.69 Å². The molecule has 0 saturated carbocycles. The Morgan fingerprint density at radius 3 is 2.48 bits per heavy atom. The molecule has 132 valence electrons. The van der Waals surface area contributed by atoms with Crippen LogP contribution in [0.3, 0.4) is 0 Å². The quantitative estimate of drug-likeness (QED) is 0.868. The van der Waals surface area contributed by atoms with Crippen molar-refractivity contribution in [2.45, 2.75) is 19.4 Å². The third-order valence-electron chi connectivity index (χ3n) is 3.91. The van der Waals surface area contributed by atoms with Gasteiger partial charge in [0.2, 0.25) is 0 Å². The van der Waals surface area contributed by atoms with Gasteiger partial charge in [0.05, 0.1) is 5.69 Å². The number of hydrogen-bond acceptors (Lipinski definition) is 5. The highest BCUT2D eigenvalue weighted by Crippen LogP contribution is 2.24. The second-order valence-corrected chi connectivity index (χ2v) is 6.51. The summed E-state index contributed by atoms with van der Waals surface area (Å²) in [5.74, 6) is -2.27. The molecule has 2 amide bonds. The number of hydrogen-bond donors (Lipinski definition) is 2. The van der Waals surface area contributed by atoms with Crippen LogP contribution in [0.25, 0.3) is 0 Å². The lowest BCUT2D eigenvalue weighted by molar-refractivity contribution is 0.0789. The zero-order chi connectivity index (χ0) is 18.0. The topological polar surface area (TPSA) is 88.3 Å². The lowest BCUT2D eigenvalue weighted by Gasteiger charge is -2.13. The zero-order valence-corrected chi connectivity index (χ0v) is 14.0. The van der Waals surface area contributed by atoms with E-state index in [1.165, 1.54) is 0 Å². The van der Waals surface area contributed by atoms with Gasteiger partial charge in [-0.1, -0.05) is 0 Å². The molecule has 9 heteroatoms. The fourth-order valence-electron chi connectivity index (χ4n) is 2.66. The summed E-state index contributed by atoms with van der Waals surface area (Å²) in [4.78, 5) is 26.3. The molecule has 1 aliphatic heterocycles. The molecule has 3 N–H and O–H groups in total. The van der Waals surface area contributed by atoms with Crippen LogP contribution in [0.15, 0.2) is 18.2 Å². The Balaban J connectivity index is 1.69. The fraction of sp³-hybridized carbons (Fsp3) is 0.312. The van der Waals surface area contributed by atoms with E-state index in [-0.39, 0.29) is 34.3 Å². The minimum atomic E-state index is -0.722. The molecular weight excluding hydrogens is 350 g/mol. The molecule has 0 radical (unpaired) electrons. The molecule has 1 aromatic heterocycles. The number of rotatable bonds is 4. The summed E-state index contributed by atoms with van der Waals surface area (Å²) in [6.45, 7) is 1.24. The summed E-state index contributed by atoms with van der Waals surface area (Å²) in [5, 5.41) is 2.53. The van der Waals surface area contributed by atoms with Gasteiger partial charge in [0.25, 0.3) is 11.8 Å². The van der Waals surface area contributed by atoms with Crippen molar-refractivity contribution < 1.29 is 18.4 Å². The minimum Gasteiger partial charge on any atom is -0.395 e. The van der Waals surface area contributed by atoms with E-state index in [1.807, 2.05) is 0 Å². The first-order valence-electron chi connectivity index (χ1n) is 7.73. The van der Waals surface area contributed by atoms with Crippen LogP contribution in [0.5, 0.6) is 0 Å². The van der Waals surface area contributed by atoms with Crippen LogP contribution in [0.2, 0.25) is 0 Å². The van der Waals surface area contributed by atoms with E-state index in [0.717, 1.165) is 42.6 Å². The van der Waals surface area contributed by atoms with Gasteiger partial charge >= 0.3 is 0 Å². The van der Waals surface area contributed by atoms with E-state index in [9.17, 15) is 18.4 Å². The Labute approximate surface area is 146 Å². The van der Waals surface area contributed by atoms with Crippen molar-refractivity contribution in [2.75, 3.05) is 18.8 Å². The van der Waals surface area contributed by atoms with E-state index in [4.69, 9.17) is 5.73 Å². The number of anilines is 1. The Hall–Kier alpha value is -2.55.